The van der Waals surface area contributed by atoms with Crippen LogP contribution in [0, 0.1) is 22.7 Å². The molecular formula is C23H29BrF2O6. The average molecular weight is 519 g/mol. The van der Waals surface area contributed by atoms with Crippen LogP contribution in [-0.4, -0.2) is 69.7 Å². The van der Waals surface area contributed by atoms with Gasteiger partial charge in [-0.25, -0.2) is 8.78 Å². The van der Waals surface area contributed by atoms with Gasteiger partial charge in [0.15, 0.2) is 23.5 Å². The minimum absolute atomic E-state index is 0.0843. The minimum atomic E-state index is -2.15. The van der Waals surface area contributed by atoms with Crippen molar-refractivity contribution in [2.24, 2.45) is 22.7 Å². The third-order valence-electron chi connectivity index (χ3n) is 9.50. The molecule has 5 aliphatic rings. The van der Waals surface area contributed by atoms with Gasteiger partial charge in [-0.3, -0.25) is 9.59 Å². The summed E-state index contributed by atoms with van der Waals surface area (Å²) in [6, 6.07) is 0. The van der Waals surface area contributed by atoms with Crippen LogP contribution in [0.5, 0.6) is 0 Å². The second kappa shape index (κ2) is 7.13. The molecule has 3 saturated carbocycles. The van der Waals surface area contributed by atoms with E-state index in [0.29, 0.717) is 5.33 Å². The van der Waals surface area contributed by atoms with Gasteiger partial charge in [0.25, 0.3) is 0 Å². The number of carbonyl (C=O) groups excluding carboxylic acids is 2. The highest BCUT2D eigenvalue weighted by Crippen LogP contribution is 2.72. The Hall–Kier alpha value is -0.740. The molecule has 0 spiro atoms. The zero-order valence-corrected chi connectivity index (χ0v) is 19.7. The van der Waals surface area contributed by atoms with Crippen LogP contribution in [0.25, 0.3) is 0 Å². The van der Waals surface area contributed by atoms with Crippen molar-refractivity contribution >= 4 is 27.5 Å². The van der Waals surface area contributed by atoms with Gasteiger partial charge in [0.1, 0.15) is 18.4 Å². The number of hydrogen-bond donors (Lipinski definition) is 2. The van der Waals surface area contributed by atoms with Crippen LogP contribution in [0.1, 0.15) is 46.0 Å². The maximum atomic E-state index is 17.2. The van der Waals surface area contributed by atoms with Gasteiger partial charge in [-0.1, -0.05) is 29.8 Å². The Morgan fingerprint density at radius 1 is 1.31 bits per heavy atom. The van der Waals surface area contributed by atoms with Crippen LogP contribution in [0.2, 0.25) is 0 Å². The van der Waals surface area contributed by atoms with Crippen molar-refractivity contribution in [1.29, 1.82) is 0 Å². The number of allylic oxidation sites excluding steroid dienone is 1. The summed E-state index contributed by atoms with van der Waals surface area (Å²) >= 11 is 3.30. The Morgan fingerprint density at radius 2 is 2.03 bits per heavy atom. The maximum absolute atomic E-state index is 17.2. The predicted molar refractivity (Wildman–Crippen MR) is 112 cm³/mol. The molecule has 1 aliphatic heterocycles. The Balaban J connectivity index is 1.63. The summed E-state index contributed by atoms with van der Waals surface area (Å²) in [6.45, 7) is 2.63. The molecule has 1 unspecified atom stereocenters. The van der Waals surface area contributed by atoms with Crippen molar-refractivity contribution in [3.8, 4) is 0 Å². The average Bonchev–Trinajstić information content (AvgIpc) is 3.24. The van der Waals surface area contributed by atoms with Gasteiger partial charge in [-0.2, -0.15) is 0 Å². The molecule has 0 radical (unpaired) electrons. The summed E-state index contributed by atoms with van der Waals surface area (Å²) in [4.78, 5) is 25.1. The van der Waals surface area contributed by atoms with Crippen molar-refractivity contribution in [1.82, 2.24) is 0 Å². The summed E-state index contributed by atoms with van der Waals surface area (Å²) in [5, 5.41) is 21.5. The molecular weight excluding hydrogens is 490 g/mol. The van der Waals surface area contributed by atoms with Gasteiger partial charge < -0.3 is 19.7 Å². The topological polar surface area (TPSA) is 93.1 Å². The van der Waals surface area contributed by atoms with Crippen molar-refractivity contribution in [2.75, 3.05) is 11.9 Å². The highest BCUT2D eigenvalue weighted by atomic mass is 79.9. The summed E-state index contributed by atoms with van der Waals surface area (Å²) in [5.74, 6) is -2.16. The molecule has 32 heavy (non-hydrogen) atoms. The third kappa shape index (κ3) is 2.47. The van der Waals surface area contributed by atoms with E-state index in [4.69, 9.17) is 9.47 Å². The molecule has 4 fully saturated rings. The van der Waals surface area contributed by atoms with E-state index in [9.17, 15) is 19.8 Å². The Morgan fingerprint density at radius 3 is 2.69 bits per heavy atom. The van der Waals surface area contributed by atoms with E-state index < -0.39 is 71.0 Å². The van der Waals surface area contributed by atoms with E-state index in [1.54, 1.807) is 13.8 Å². The largest absolute Gasteiger partial charge is 0.390 e. The van der Waals surface area contributed by atoms with Crippen LogP contribution < -0.4 is 0 Å². The van der Waals surface area contributed by atoms with E-state index in [2.05, 4.69) is 15.9 Å². The van der Waals surface area contributed by atoms with E-state index >= 15 is 8.78 Å². The highest BCUT2D eigenvalue weighted by molar-refractivity contribution is 9.09. The lowest BCUT2D eigenvalue weighted by molar-refractivity contribution is -0.240. The number of hydrogen-bond acceptors (Lipinski definition) is 6. The Kier molecular flexibility index (Phi) is 5.13. The van der Waals surface area contributed by atoms with Crippen LogP contribution in [0.15, 0.2) is 11.6 Å². The number of fused-ring (bicyclic) bond motifs is 7. The molecule has 1 saturated heterocycles. The molecule has 0 aromatic heterocycles. The van der Waals surface area contributed by atoms with E-state index in [0.717, 1.165) is 0 Å². The molecule has 0 bridgehead atoms. The summed E-state index contributed by atoms with van der Waals surface area (Å²) in [7, 11) is 0. The molecule has 178 valence electrons. The number of ether oxygens (including phenoxy) is 2. The van der Waals surface area contributed by atoms with Crippen LogP contribution in [-0.2, 0) is 19.1 Å². The standard InChI is InChI=1S/C23H29BrF2O6/c1-20-4-3-11(28)5-14(20)15(25)6-13-12-7-18-23(17(30)10-27,32-19(9-24)31-18)21(12,2)8-16(29)22(13,20)26/h5,12-13,15-16,18-19,27,29H,3-4,6-10H2,1-2H3/t12-,13-,15-,16-,18+,19?,20-,21-,22-,23+/m0/s1. The molecule has 0 amide bonds. The molecule has 10 atom stereocenters. The number of halogens is 3. The zero-order valence-electron chi connectivity index (χ0n) is 18.2. The van der Waals surface area contributed by atoms with Gasteiger partial charge in [-0.15, -0.1) is 0 Å². The number of Topliss-reactive ketones (excluding diaryl/α,β-unsaturated/α-hetero) is 1. The molecule has 0 aromatic rings. The Bertz CT molecular complexity index is 898. The lowest BCUT2D eigenvalue weighted by Gasteiger charge is -2.64. The lowest BCUT2D eigenvalue weighted by atomic mass is 9.43. The highest BCUT2D eigenvalue weighted by Gasteiger charge is 2.80. The second-order valence-electron chi connectivity index (χ2n) is 10.6. The van der Waals surface area contributed by atoms with Gasteiger partial charge >= 0.3 is 0 Å². The van der Waals surface area contributed by atoms with Crippen molar-refractivity contribution < 1.29 is 38.1 Å². The number of ketones is 2. The molecule has 1 heterocycles. The van der Waals surface area contributed by atoms with Crippen LogP contribution in [0.4, 0.5) is 8.78 Å². The van der Waals surface area contributed by atoms with E-state index in [-0.39, 0.29) is 43.5 Å². The molecule has 9 heteroatoms. The van der Waals surface area contributed by atoms with Crippen LogP contribution >= 0.6 is 15.9 Å². The second-order valence-corrected chi connectivity index (χ2v) is 11.2. The number of aliphatic hydroxyl groups excluding tert-OH is 2. The summed E-state index contributed by atoms with van der Waals surface area (Å²) < 4.78 is 44.7. The predicted octanol–water partition coefficient (Wildman–Crippen LogP) is 2.58. The quantitative estimate of drug-likeness (QED) is 0.557. The Labute approximate surface area is 193 Å². The smallest absolute Gasteiger partial charge is 0.193 e. The lowest BCUT2D eigenvalue weighted by Crippen LogP contribution is -2.71. The van der Waals surface area contributed by atoms with Gasteiger partial charge in [-0.05, 0) is 43.3 Å². The van der Waals surface area contributed by atoms with Crippen molar-refractivity contribution in [3.05, 3.63) is 11.6 Å². The zero-order chi connectivity index (χ0) is 23.3. The van der Waals surface area contributed by atoms with Gasteiger partial charge in [0.05, 0.1) is 17.5 Å². The first-order valence-electron chi connectivity index (χ1n) is 11.3. The normalized spacial score (nSPS) is 54.3. The molecule has 0 aromatic carbocycles. The number of alkyl halides is 3. The van der Waals surface area contributed by atoms with Crippen molar-refractivity contribution in [2.45, 2.75) is 81.9 Å². The number of rotatable bonds is 3. The minimum Gasteiger partial charge on any atom is -0.390 e. The first-order chi connectivity index (χ1) is 15.0. The van der Waals surface area contributed by atoms with E-state index in [1.807, 2.05) is 0 Å². The fourth-order valence-corrected chi connectivity index (χ4v) is 8.35. The summed E-state index contributed by atoms with van der Waals surface area (Å²) in [6.07, 6.45) is -2.94. The van der Waals surface area contributed by atoms with Gasteiger partial charge in [0, 0.05) is 23.2 Å². The molecule has 4 aliphatic carbocycles. The third-order valence-corrected chi connectivity index (χ3v) is 10.0. The SMILES string of the molecule is C[C@]12CCC(=O)C=C1[C@@H](F)C[C@H]1[C@@H]3C[C@H]4OC(CBr)O[C@@]4(C(=O)CO)[C@@]3(C)C[C@H](O)[C@@]12F. The van der Waals surface area contributed by atoms with Gasteiger partial charge in [0.2, 0.25) is 0 Å². The first-order valence-corrected chi connectivity index (χ1v) is 12.4. The van der Waals surface area contributed by atoms with E-state index in [1.165, 1.54) is 6.08 Å². The first kappa shape index (κ1) is 23.0. The number of carbonyl (C=O) groups is 2. The molecule has 5 rings (SSSR count). The number of aliphatic hydroxyl groups is 2. The summed E-state index contributed by atoms with van der Waals surface area (Å²) in [5.41, 5.74) is -5.89. The monoisotopic (exact) mass is 518 g/mol. The van der Waals surface area contributed by atoms with Crippen molar-refractivity contribution in [3.63, 3.8) is 0 Å². The molecule has 6 nitrogen and oxygen atoms in total. The maximum Gasteiger partial charge on any atom is 0.193 e. The van der Waals surface area contributed by atoms with Crippen LogP contribution in [0.3, 0.4) is 0 Å². The fraction of sp³-hybridized carbons (Fsp3) is 0.826. The fourth-order valence-electron chi connectivity index (χ4n) is 8.06. The molecule has 2 N–H and O–H groups in total.